The Morgan fingerprint density at radius 2 is 1.93 bits per heavy atom. The van der Waals surface area contributed by atoms with E-state index in [2.05, 4.69) is 36.4 Å². The molecule has 0 heterocycles. The average Bonchev–Trinajstić information content (AvgIpc) is 2.21. The van der Waals surface area contributed by atoms with Gasteiger partial charge < -0.3 is 15.4 Å². The van der Waals surface area contributed by atoms with Crippen LogP contribution < -0.4 is 10.6 Å². The van der Waals surface area contributed by atoms with Gasteiger partial charge in [0.25, 0.3) is 0 Å². The van der Waals surface area contributed by atoms with Crippen LogP contribution >= 0.6 is 0 Å². The molecule has 0 unspecified atom stereocenters. The molecule has 0 amide bonds. The van der Waals surface area contributed by atoms with E-state index >= 15 is 0 Å². The van der Waals surface area contributed by atoms with Crippen LogP contribution in [0.4, 0.5) is 0 Å². The Bertz CT molecular complexity index is 169. The number of ether oxygens (including phenoxy) is 1. The third kappa shape index (κ3) is 9.53. The molecule has 0 saturated carbocycles. The molecule has 0 aliphatic carbocycles. The molecule has 0 fully saturated rings. The van der Waals surface area contributed by atoms with Crippen LogP contribution in [0.5, 0.6) is 0 Å². The molecular weight excluding hydrogens is 190 g/mol. The number of nitrogens with zero attached hydrogens (tertiary/aromatic N) is 1. The predicted molar refractivity (Wildman–Crippen MR) is 65.4 cm³/mol. The lowest BCUT2D eigenvalue weighted by Gasteiger charge is -2.11. The Hall–Kier alpha value is -0.770. The van der Waals surface area contributed by atoms with Crippen LogP contribution in [0.1, 0.15) is 33.6 Å². The molecule has 0 aromatic heterocycles. The van der Waals surface area contributed by atoms with Crippen molar-refractivity contribution in [2.45, 2.75) is 39.7 Å². The highest BCUT2D eigenvalue weighted by atomic mass is 16.5. The lowest BCUT2D eigenvalue weighted by Crippen LogP contribution is -2.38. The first-order chi connectivity index (χ1) is 7.20. The maximum atomic E-state index is 5.44. The Labute approximate surface area is 93.5 Å². The Kier molecular flexibility index (Phi) is 9.27. The van der Waals surface area contributed by atoms with Crippen LogP contribution in [0.3, 0.4) is 0 Å². The highest BCUT2D eigenvalue weighted by Gasteiger charge is 1.96. The Morgan fingerprint density at radius 3 is 2.47 bits per heavy atom. The van der Waals surface area contributed by atoms with Gasteiger partial charge >= 0.3 is 0 Å². The van der Waals surface area contributed by atoms with Gasteiger partial charge in [-0.05, 0) is 26.7 Å². The number of hydrogen-bond acceptors (Lipinski definition) is 2. The van der Waals surface area contributed by atoms with Crippen molar-refractivity contribution in [2.75, 3.05) is 26.7 Å². The summed E-state index contributed by atoms with van der Waals surface area (Å²) in [4.78, 5) is 4.11. The van der Waals surface area contributed by atoms with Crippen molar-refractivity contribution < 1.29 is 4.74 Å². The van der Waals surface area contributed by atoms with Crippen LogP contribution in [0.25, 0.3) is 0 Å². The summed E-state index contributed by atoms with van der Waals surface area (Å²) in [6.07, 6.45) is 2.44. The molecule has 0 spiro atoms. The molecule has 90 valence electrons. The summed E-state index contributed by atoms with van der Waals surface area (Å²) in [5, 5.41) is 6.45. The second-order valence-electron chi connectivity index (χ2n) is 3.70. The van der Waals surface area contributed by atoms with E-state index in [-0.39, 0.29) is 0 Å². The molecule has 0 aliphatic rings. The minimum atomic E-state index is 0.322. The van der Waals surface area contributed by atoms with Crippen molar-refractivity contribution in [1.29, 1.82) is 0 Å². The van der Waals surface area contributed by atoms with Gasteiger partial charge in [0, 0.05) is 26.7 Å². The molecular formula is C11H25N3O. The Balaban J connectivity index is 3.39. The van der Waals surface area contributed by atoms with Crippen LogP contribution in [0.15, 0.2) is 4.99 Å². The summed E-state index contributed by atoms with van der Waals surface area (Å²) in [7, 11) is 1.79. The van der Waals surface area contributed by atoms with Gasteiger partial charge in [-0.15, -0.1) is 0 Å². The Morgan fingerprint density at radius 1 is 1.27 bits per heavy atom. The third-order valence-corrected chi connectivity index (χ3v) is 1.83. The van der Waals surface area contributed by atoms with E-state index in [4.69, 9.17) is 4.74 Å². The zero-order chi connectivity index (χ0) is 11.5. The van der Waals surface area contributed by atoms with Crippen molar-refractivity contribution in [1.82, 2.24) is 10.6 Å². The molecule has 15 heavy (non-hydrogen) atoms. The van der Waals surface area contributed by atoms with Gasteiger partial charge in [0.05, 0.1) is 6.10 Å². The summed E-state index contributed by atoms with van der Waals surface area (Å²) < 4.78 is 5.44. The first-order valence-corrected chi connectivity index (χ1v) is 5.76. The lowest BCUT2D eigenvalue weighted by molar-refractivity contribution is 0.0776. The monoisotopic (exact) mass is 215 g/mol. The quantitative estimate of drug-likeness (QED) is 0.383. The fourth-order valence-electron chi connectivity index (χ4n) is 1.06. The molecule has 0 saturated heterocycles. The van der Waals surface area contributed by atoms with Gasteiger partial charge in [-0.2, -0.15) is 0 Å². The lowest BCUT2D eigenvalue weighted by atomic mass is 10.4. The van der Waals surface area contributed by atoms with Crippen molar-refractivity contribution >= 4 is 5.96 Å². The summed E-state index contributed by atoms with van der Waals surface area (Å²) in [5.41, 5.74) is 0. The molecule has 0 atom stereocenters. The summed E-state index contributed by atoms with van der Waals surface area (Å²) >= 11 is 0. The SMILES string of the molecule is CCCNC(=NC)NCCCOC(C)C. The normalized spacial score (nSPS) is 11.9. The van der Waals surface area contributed by atoms with Gasteiger partial charge in [0.15, 0.2) is 5.96 Å². The van der Waals surface area contributed by atoms with Gasteiger partial charge in [-0.3, -0.25) is 4.99 Å². The first-order valence-electron chi connectivity index (χ1n) is 5.76. The van der Waals surface area contributed by atoms with Crippen LogP contribution in [0, 0.1) is 0 Å². The van der Waals surface area contributed by atoms with Crippen LogP contribution in [0.2, 0.25) is 0 Å². The number of rotatable bonds is 7. The summed E-state index contributed by atoms with van der Waals surface area (Å²) in [6.45, 7) is 8.90. The van der Waals surface area contributed by atoms with Gasteiger partial charge in [0.2, 0.25) is 0 Å². The minimum Gasteiger partial charge on any atom is -0.379 e. The molecule has 4 heteroatoms. The molecule has 0 aromatic carbocycles. The molecule has 0 aliphatic heterocycles. The van der Waals surface area contributed by atoms with Crippen LogP contribution in [-0.4, -0.2) is 38.8 Å². The van der Waals surface area contributed by atoms with E-state index < -0.39 is 0 Å². The molecule has 0 bridgehead atoms. The molecule has 2 N–H and O–H groups in total. The van der Waals surface area contributed by atoms with E-state index in [1.807, 2.05) is 0 Å². The van der Waals surface area contributed by atoms with E-state index in [1.165, 1.54) is 0 Å². The van der Waals surface area contributed by atoms with E-state index in [0.29, 0.717) is 6.10 Å². The van der Waals surface area contributed by atoms with Crippen molar-refractivity contribution in [3.63, 3.8) is 0 Å². The third-order valence-electron chi connectivity index (χ3n) is 1.83. The summed E-state index contributed by atoms with van der Waals surface area (Å²) in [6, 6.07) is 0. The highest BCUT2D eigenvalue weighted by Crippen LogP contribution is 1.88. The predicted octanol–water partition coefficient (Wildman–Crippen LogP) is 1.38. The van der Waals surface area contributed by atoms with Crippen molar-refractivity contribution in [2.24, 2.45) is 4.99 Å². The van der Waals surface area contributed by atoms with Crippen molar-refractivity contribution in [3.05, 3.63) is 0 Å². The largest absolute Gasteiger partial charge is 0.379 e. The second-order valence-corrected chi connectivity index (χ2v) is 3.70. The van der Waals surface area contributed by atoms with Gasteiger partial charge in [-0.25, -0.2) is 0 Å². The fourth-order valence-corrected chi connectivity index (χ4v) is 1.06. The second kappa shape index (κ2) is 9.77. The van der Waals surface area contributed by atoms with Gasteiger partial charge in [0.1, 0.15) is 0 Å². The van der Waals surface area contributed by atoms with E-state index in [9.17, 15) is 0 Å². The number of guanidine groups is 1. The fraction of sp³-hybridized carbons (Fsp3) is 0.909. The average molecular weight is 215 g/mol. The van der Waals surface area contributed by atoms with Crippen LogP contribution in [-0.2, 0) is 4.74 Å². The maximum absolute atomic E-state index is 5.44. The number of hydrogen-bond donors (Lipinski definition) is 2. The smallest absolute Gasteiger partial charge is 0.190 e. The summed E-state index contributed by atoms with van der Waals surface area (Å²) in [5.74, 6) is 0.876. The topological polar surface area (TPSA) is 45.7 Å². The molecule has 4 nitrogen and oxygen atoms in total. The van der Waals surface area contributed by atoms with E-state index in [1.54, 1.807) is 7.05 Å². The standard InChI is InChI=1S/C11H25N3O/c1-5-7-13-11(12-4)14-8-6-9-15-10(2)3/h10H,5-9H2,1-4H3,(H2,12,13,14). The highest BCUT2D eigenvalue weighted by molar-refractivity contribution is 5.79. The number of aliphatic imine (C=N–C) groups is 1. The minimum absolute atomic E-state index is 0.322. The molecule has 0 rings (SSSR count). The van der Waals surface area contributed by atoms with Gasteiger partial charge in [-0.1, -0.05) is 6.92 Å². The zero-order valence-corrected chi connectivity index (χ0v) is 10.5. The van der Waals surface area contributed by atoms with E-state index in [0.717, 1.165) is 38.5 Å². The zero-order valence-electron chi connectivity index (χ0n) is 10.5. The van der Waals surface area contributed by atoms with Crippen molar-refractivity contribution in [3.8, 4) is 0 Å². The number of nitrogens with one attached hydrogen (secondary N) is 2. The molecule has 0 aromatic rings. The molecule has 0 radical (unpaired) electrons. The first kappa shape index (κ1) is 14.2. The maximum Gasteiger partial charge on any atom is 0.190 e.